The highest BCUT2D eigenvalue weighted by Crippen LogP contribution is 2.32. The second-order valence-electron chi connectivity index (χ2n) is 5.64. The molecule has 2 heterocycles. The highest BCUT2D eigenvalue weighted by molar-refractivity contribution is 5.85. The Hall–Kier alpha value is -2.81. The monoisotopic (exact) mass is 287 g/mol. The number of benzene rings is 1. The molecule has 0 saturated carbocycles. The molecule has 4 rings (SSSR count). The van der Waals surface area contributed by atoms with Crippen LogP contribution in [0.3, 0.4) is 0 Å². The minimum atomic E-state index is 0.355. The van der Waals surface area contributed by atoms with Crippen LogP contribution in [0, 0.1) is 0 Å². The van der Waals surface area contributed by atoms with E-state index in [-0.39, 0.29) is 0 Å². The molecule has 108 valence electrons. The van der Waals surface area contributed by atoms with E-state index >= 15 is 0 Å². The topological polar surface area (TPSA) is 54.7 Å². The summed E-state index contributed by atoms with van der Waals surface area (Å²) < 4.78 is 0. The maximum atomic E-state index is 5.82. The number of H-pyrrole nitrogens is 1. The van der Waals surface area contributed by atoms with Crippen LogP contribution in [0.2, 0.25) is 0 Å². The molecule has 3 nitrogen and oxygen atoms in total. The number of hydrogen-bond donors (Lipinski definition) is 2. The summed E-state index contributed by atoms with van der Waals surface area (Å²) in [6.07, 6.45) is 11.2. The average Bonchev–Trinajstić information content (AvgIpc) is 2.99. The molecule has 3 heteroatoms. The molecule has 0 fully saturated rings. The van der Waals surface area contributed by atoms with Gasteiger partial charge in [0.15, 0.2) is 0 Å². The Morgan fingerprint density at radius 1 is 1.14 bits per heavy atom. The predicted octanol–water partition coefficient (Wildman–Crippen LogP) is 4.12. The second kappa shape index (κ2) is 5.19. The molecule has 0 amide bonds. The minimum absolute atomic E-state index is 0.355. The number of fused-ring (bicyclic) bond motifs is 1. The van der Waals surface area contributed by atoms with E-state index in [4.69, 9.17) is 5.73 Å². The van der Waals surface area contributed by atoms with E-state index in [2.05, 4.69) is 58.6 Å². The van der Waals surface area contributed by atoms with Crippen LogP contribution in [0.25, 0.3) is 22.2 Å². The first-order valence-corrected chi connectivity index (χ1v) is 7.47. The van der Waals surface area contributed by atoms with Crippen molar-refractivity contribution in [3.63, 3.8) is 0 Å². The Bertz CT molecular complexity index is 872. The summed E-state index contributed by atoms with van der Waals surface area (Å²) >= 11 is 0. The van der Waals surface area contributed by atoms with Crippen LogP contribution >= 0.6 is 0 Å². The summed E-state index contributed by atoms with van der Waals surface area (Å²) in [4.78, 5) is 7.85. The first kappa shape index (κ1) is 12.9. The zero-order chi connectivity index (χ0) is 14.9. The lowest BCUT2D eigenvalue weighted by atomic mass is 9.91. The van der Waals surface area contributed by atoms with Crippen molar-refractivity contribution in [2.75, 3.05) is 0 Å². The van der Waals surface area contributed by atoms with Crippen LogP contribution in [-0.4, -0.2) is 9.97 Å². The highest BCUT2D eigenvalue weighted by Gasteiger charge is 2.15. The number of nitrogens with one attached hydrogen (secondary N) is 1. The molecule has 3 N–H and O–H groups in total. The van der Waals surface area contributed by atoms with E-state index in [0.29, 0.717) is 5.92 Å². The molecule has 0 radical (unpaired) electrons. The number of aromatic amines is 1. The second-order valence-corrected chi connectivity index (χ2v) is 5.64. The van der Waals surface area contributed by atoms with Gasteiger partial charge in [-0.15, -0.1) is 0 Å². The lowest BCUT2D eigenvalue weighted by Crippen LogP contribution is -2.02. The summed E-state index contributed by atoms with van der Waals surface area (Å²) in [5.41, 5.74) is 11.2. The predicted molar refractivity (Wildman–Crippen MR) is 90.3 cm³/mol. The molecule has 1 aliphatic rings. The lowest BCUT2D eigenvalue weighted by Gasteiger charge is -2.14. The van der Waals surface area contributed by atoms with Crippen molar-refractivity contribution < 1.29 is 0 Å². The van der Waals surface area contributed by atoms with E-state index < -0.39 is 0 Å². The fourth-order valence-electron chi connectivity index (χ4n) is 2.99. The summed E-state index contributed by atoms with van der Waals surface area (Å²) in [5, 5.41) is 1.19. The Morgan fingerprint density at radius 2 is 2.00 bits per heavy atom. The number of rotatable bonds is 2. The number of allylic oxidation sites excluding steroid dienone is 3. The Kier molecular flexibility index (Phi) is 3.04. The average molecular weight is 287 g/mol. The number of hydrogen-bond acceptors (Lipinski definition) is 2. The third-order valence-electron chi connectivity index (χ3n) is 4.20. The molecular weight excluding hydrogens is 270 g/mol. The molecule has 1 aromatic carbocycles. The van der Waals surface area contributed by atoms with Gasteiger partial charge in [-0.1, -0.05) is 42.5 Å². The summed E-state index contributed by atoms with van der Waals surface area (Å²) in [5.74, 6) is 0.355. The molecule has 0 aliphatic heterocycles. The van der Waals surface area contributed by atoms with Crippen molar-refractivity contribution in [1.29, 1.82) is 0 Å². The molecule has 1 unspecified atom stereocenters. The van der Waals surface area contributed by atoms with Crippen LogP contribution in [0.15, 0.2) is 72.7 Å². The number of pyridine rings is 1. The van der Waals surface area contributed by atoms with Crippen molar-refractivity contribution in [3.8, 4) is 11.1 Å². The van der Waals surface area contributed by atoms with Crippen molar-refractivity contribution in [1.82, 2.24) is 9.97 Å². The zero-order valence-electron chi connectivity index (χ0n) is 12.2. The van der Waals surface area contributed by atoms with Gasteiger partial charge in [0.05, 0.1) is 0 Å². The number of nitrogens with zero attached hydrogens (tertiary/aromatic N) is 1. The maximum absolute atomic E-state index is 5.82. The molecule has 0 spiro atoms. The molecule has 0 saturated heterocycles. The van der Waals surface area contributed by atoms with Gasteiger partial charge in [0, 0.05) is 35.0 Å². The van der Waals surface area contributed by atoms with Crippen molar-refractivity contribution in [3.05, 3.63) is 78.3 Å². The lowest BCUT2D eigenvalue weighted by molar-refractivity contribution is 0.850. The number of aromatic nitrogens is 2. The van der Waals surface area contributed by atoms with Gasteiger partial charge in [-0.05, 0) is 29.7 Å². The van der Waals surface area contributed by atoms with Gasteiger partial charge in [-0.3, -0.25) is 0 Å². The first-order chi connectivity index (χ1) is 10.8. The molecular formula is C19H17N3. The number of nitrogens with two attached hydrogens (primary N) is 1. The van der Waals surface area contributed by atoms with E-state index in [1.165, 1.54) is 16.5 Å². The summed E-state index contributed by atoms with van der Waals surface area (Å²) in [6, 6.07) is 12.6. The molecule has 0 bridgehead atoms. The van der Waals surface area contributed by atoms with E-state index in [0.717, 1.165) is 23.3 Å². The first-order valence-electron chi connectivity index (χ1n) is 7.47. The van der Waals surface area contributed by atoms with E-state index in [1.807, 2.05) is 18.3 Å². The molecule has 22 heavy (non-hydrogen) atoms. The van der Waals surface area contributed by atoms with Crippen LogP contribution in [0.5, 0.6) is 0 Å². The van der Waals surface area contributed by atoms with Crippen molar-refractivity contribution in [2.45, 2.75) is 12.3 Å². The van der Waals surface area contributed by atoms with Gasteiger partial charge in [0.25, 0.3) is 0 Å². The third kappa shape index (κ3) is 2.21. The van der Waals surface area contributed by atoms with Crippen LogP contribution in [0.1, 0.15) is 17.9 Å². The van der Waals surface area contributed by atoms with E-state index in [1.54, 1.807) is 0 Å². The van der Waals surface area contributed by atoms with E-state index in [9.17, 15) is 0 Å². The smallest absolute Gasteiger partial charge is 0.137 e. The Morgan fingerprint density at radius 3 is 2.77 bits per heavy atom. The van der Waals surface area contributed by atoms with Gasteiger partial charge in [0.2, 0.25) is 0 Å². The maximum Gasteiger partial charge on any atom is 0.137 e. The normalized spacial score (nSPS) is 17.6. The van der Waals surface area contributed by atoms with Crippen LogP contribution in [0.4, 0.5) is 0 Å². The molecule has 1 aliphatic carbocycles. The van der Waals surface area contributed by atoms with Gasteiger partial charge < -0.3 is 10.7 Å². The van der Waals surface area contributed by atoms with Crippen molar-refractivity contribution in [2.24, 2.45) is 5.73 Å². The third-order valence-corrected chi connectivity index (χ3v) is 4.20. The molecule has 3 aromatic rings. The fraction of sp³-hybridized carbons (Fsp3) is 0.105. The Balaban J connectivity index is 1.79. The summed E-state index contributed by atoms with van der Waals surface area (Å²) in [6.45, 7) is 0. The van der Waals surface area contributed by atoms with Gasteiger partial charge in [-0.2, -0.15) is 0 Å². The van der Waals surface area contributed by atoms with Crippen LogP contribution in [-0.2, 0) is 0 Å². The minimum Gasteiger partial charge on any atom is -0.399 e. The SMILES string of the molecule is NC1=CCC(c2c[nH]c3ncc(-c4ccccc4)cc23)C=C1. The fourth-order valence-corrected chi connectivity index (χ4v) is 2.99. The Labute approximate surface area is 129 Å². The van der Waals surface area contributed by atoms with Gasteiger partial charge >= 0.3 is 0 Å². The quantitative estimate of drug-likeness (QED) is 0.745. The largest absolute Gasteiger partial charge is 0.399 e. The molecule has 1 atom stereocenters. The van der Waals surface area contributed by atoms with Gasteiger partial charge in [0.1, 0.15) is 5.65 Å². The van der Waals surface area contributed by atoms with Crippen LogP contribution < -0.4 is 5.73 Å². The summed E-state index contributed by atoms with van der Waals surface area (Å²) in [7, 11) is 0. The highest BCUT2D eigenvalue weighted by atomic mass is 14.8. The molecule has 2 aromatic heterocycles. The standard InChI is InChI=1S/C19H17N3/c20-16-8-6-14(7-9-16)18-12-22-19-17(18)10-15(11-21-19)13-4-2-1-3-5-13/h1-6,8-12,14H,7,20H2,(H,21,22). The van der Waals surface area contributed by atoms with Gasteiger partial charge in [-0.25, -0.2) is 4.98 Å². The van der Waals surface area contributed by atoms with Crippen molar-refractivity contribution >= 4 is 11.0 Å². The zero-order valence-corrected chi connectivity index (χ0v) is 12.2.